The van der Waals surface area contributed by atoms with Gasteiger partial charge in [-0.1, -0.05) is 24.8 Å². The van der Waals surface area contributed by atoms with E-state index in [1.54, 1.807) is 6.20 Å². The van der Waals surface area contributed by atoms with Crippen molar-refractivity contribution in [2.24, 2.45) is 0 Å². The van der Waals surface area contributed by atoms with E-state index in [4.69, 9.17) is 14.5 Å². The van der Waals surface area contributed by atoms with E-state index >= 15 is 0 Å². The van der Waals surface area contributed by atoms with Crippen molar-refractivity contribution in [3.8, 4) is 0 Å². The smallest absolute Gasteiger partial charge is 0.320 e. The summed E-state index contributed by atoms with van der Waals surface area (Å²) in [5.74, 6) is -0.791. The molecule has 0 saturated heterocycles. The topological polar surface area (TPSA) is 90.4 Å². The largest absolute Gasteiger partial charge is 0.461 e. The average molecular weight is 442 g/mol. The predicted molar refractivity (Wildman–Crippen MR) is 119 cm³/mol. The van der Waals surface area contributed by atoms with Gasteiger partial charge in [-0.05, 0) is 26.8 Å². The number of nitrogens with one attached hydrogen (secondary N) is 1. The molecule has 1 atom stereocenters. The number of ether oxygens (including phenoxy) is 2. The molecule has 3 rings (SSSR count). The van der Waals surface area contributed by atoms with E-state index in [0.717, 1.165) is 28.9 Å². The lowest BCUT2D eigenvalue weighted by Gasteiger charge is -2.21. The van der Waals surface area contributed by atoms with Gasteiger partial charge in [-0.25, -0.2) is 4.98 Å². The molecule has 0 spiro atoms. The Bertz CT molecular complexity index is 991. The third-order valence-electron chi connectivity index (χ3n) is 4.42. The summed E-state index contributed by atoms with van der Waals surface area (Å²) in [6, 6.07) is 3.47. The molecule has 7 nitrogen and oxygen atoms in total. The molecule has 0 aromatic carbocycles. The normalized spacial score (nSPS) is 13.8. The van der Waals surface area contributed by atoms with Gasteiger partial charge in [0.15, 0.2) is 0 Å². The molecule has 0 bridgehead atoms. The number of esters is 2. The molecular weight excluding hydrogens is 414 g/mol. The standard InChI is InChI=1S/C23H27N3O4S/c1-5-11-29-20(27)12-18(25-13-21(28)30-23(2,3)4)22-26-19(14-31-22)16-8-9-17-15(16)7-6-10-24-17/h5-8,10,14,18,25H,1,9,11-13H2,2-4H3/t18-/m1/s1. The first-order chi connectivity index (χ1) is 14.8. The first kappa shape index (κ1) is 22.8. The Balaban J connectivity index is 1.75. The minimum Gasteiger partial charge on any atom is -0.461 e. The highest BCUT2D eigenvalue weighted by molar-refractivity contribution is 7.09. The quantitative estimate of drug-likeness (QED) is 0.469. The Labute approximate surface area is 186 Å². The maximum Gasteiger partial charge on any atom is 0.320 e. The molecule has 0 aliphatic heterocycles. The van der Waals surface area contributed by atoms with Crippen molar-refractivity contribution in [2.75, 3.05) is 13.2 Å². The molecule has 1 N–H and O–H groups in total. The van der Waals surface area contributed by atoms with Crippen LogP contribution in [0.1, 0.15) is 55.2 Å². The number of rotatable bonds is 9. The number of hydrogen-bond acceptors (Lipinski definition) is 8. The van der Waals surface area contributed by atoms with Crippen LogP contribution in [0.5, 0.6) is 0 Å². The Hall–Kier alpha value is -2.84. The number of carbonyl (C=O) groups is 2. The third-order valence-corrected chi connectivity index (χ3v) is 5.38. The van der Waals surface area contributed by atoms with E-state index in [2.05, 4.69) is 23.0 Å². The van der Waals surface area contributed by atoms with Crippen molar-refractivity contribution in [1.82, 2.24) is 15.3 Å². The zero-order valence-electron chi connectivity index (χ0n) is 18.0. The summed E-state index contributed by atoms with van der Waals surface area (Å²) in [5, 5.41) is 5.76. The van der Waals surface area contributed by atoms with Crippen LogP contribution >= 0.6 is 11.3 Å². The van der Waals surface area contributed by atoms with Gasteiger partial charge in [-0.15, -0.1) is 11.3 Å². The van der Waals surface area contributed by atoms with Crippen LogP contribution < -0.4 is 5.32 Å². The highest BCUT2D eigenvalue weighted by Crippen LogP contribution is 2.33. The summed E-state index contributed by atoms with van der Waals surface area (Å²) >= 11 is 1.43. The van der Waals surface area contributed by atoms with Crippen LogP contribution in [0.2, 0.25) is 0 Å². The fraction of sp³-hybridized carbons (Fsp3) is 0.391. The fourth-order valence-corrected chi connectivity index (χ4v) is 4.07. The lowest BCUT2D eigenvalue weighted by molar-refractivity contribution is -0.154. The van der Waals surface area contributed by atoms with Gasteiger partial charge in [0.2, 0.25) is 0 Å². The Morgan fingerprint density at radius 2 is 2.16 bits per heavy atom. The van der Waals surface area contributed by atoms with Gasteiger partial charge >= 0.3 is 11.9 Å². The lowest BCUT2D eigenvalue weighted by Crippen LogP contribution is -2.34. The zero-order chi connectivity index (χ0) is 22.4. The van der Waals surface area contributed by atoms with Crippen LogP contribution in [-0.2, 0) is 25.5 Å². The molecule has 0 saturated carbocycles. The highest BCUT2D eigenvalue weighted by atomic mass is 32.1. The monoisotopic (exact) mass is 441 g/mol. The Kier molecular flexibility index (Phi) is 7.35. The van der Waals surface area contributed by atoms with E-state index < -0.39 is 23.6 Å². The molecular formula is C23H27N3O4S. The Morgan fingerprint density at radius 3 is 2.90 bits per heavy atom. The van der Waals surface area contributed by atoms with Crippen molar-refractivity contribution < 1.29 is 19.1 Å². The highest BCUT2D eigenvalue weighted by Gasteiger charge is 2.25. The van der Waals surface area contributed by atoms with E-state index in [-0.39, 0.29) is 19.6 Å². The second-order valence-electron chi connectivity index (χ2n) is 8.09. The number of carbonyl (C=O) groups excluding carboxylic acids is 2. The summed E-state index contributed by atoms with van der Waals surface area (Å²) in [5.41, 5.74) is 3.38. The molecule has 31 heavy (non-hydrogen) atoms. The van der Waals surface area contributed by atoms with Crippen LogP contribution in [0.25, 0.3) is 5.57 Å². The summed E-state index contributed by atoms with van der Waals surface area (Å²) in [6.45, 7) is 9.08. The van der Waals surface area contributed by atoms with Gasteiger partial charge in [0.25, 0.3) is 0 Å². The third kappa shape index (κ3) is 6.32. The van der Waals surface area contributed by atoms with Gasteiger partial charge < -0.3 is 9.47 Å². The van der Waals surface area contributed by atoms with E-state index in [1.807, 2.05) is 38.3 Å². The fourth-order valence-electron chi connectivity index (χ4n) is 3.18. The first-order valence-corrected chi connectivity index (χ1v) is 11.0. The van der Waals surface area contributed by atoms with Crippen LogP contribution in [0, 0.1) is 0 Å². The number of hydrogen-bond donors (Lipinski definition) is 1. The predicted octanol–water partition coefficient (Wildman–Crippen LogP) is 3.62. The van der Waals surface area contributed by atoms with Gasteiger partial charge in [0, 0.05) is 29.1 Å². The second-order valence-corrected chi connectivity index (χ2v) is 8.98. The first-order valence-electron chi connectivity index (χ1n) is 10.1. The minimum atomic E-state index is -0.581. The Morgan fingerprint density at radius 1 is 1.35 bits per heavy atom. The van der Waals surface area contributed by atoms with Gasteiger partial charge in [0.05, 0.1) is 30.4 Å². The van der Waals surface area contributed by atoms with Crippen molar-refractivity contribution in [3.63, 3.8) is 0 Å². The van der Waals surface area contributed by atoms with Crippen molar-refractivity contribution in [1.29, 1.82) is 0 Å². The maximum atomic E-state index is 12.2. The number of allylic oxidation sites excluding steroid dienone is 1. The molecule has 1 aliphatic rings. The van der Waals surface area contributed by atoms with Crippen LogP contribution in [0.15, 0.2) is 42.4 Å². The van der Waals surface area contributed by atoms with Gasteiger partial charge in [0.1, 0.15) is 17.2 Å². The summed E-state index contributed by atoms with van der Waals surface area (Å²) in [6.07, 6.45) is 6.22. The molecule has 0 fully saturated rings. The SMILES string of the molecule is C=CCOC(=O)C[C@@H](NCC(=O)OC(C)(C)C)c1nc(C2=CCc3ncccc32)cs1. The number of fused-ring (bicyclic) bond motifs is 1. The average Bonchev–Trinajstić information content (AvgIpc) is 3.35. The van der Waals surface area contributed by atoms with E-state index in [1.165, 1.54) is 17.4 Å². The van der Waals surface area contributed by atoms with Gasteiger partial charge in [-0.3, -0.25) is 19.9 Å². The number of pyridine rings is 1. The number of thiazole rings is 1. The molecule has 8 heteroatoms. The van der Waals surface area contributed by atoms with Crippen molar-refractivity contribution >= 4 is 28.8 Å². The van der Waals surface area contributed by atoms with E-state index in [9.17, 15) is 9.59 Å². The van der Waals surface area contributed by atoms with Gasteiger partial charge in [-0.2, -0.15) is 0 Å². The molecule has 0 unspecified atom stereocenters. The van der Waals surface area contributed by atoms with Crippen LogP contribution in [0.4, 0.5) is 0 Å². The number of nitrogens with zero attached hydrogens (tertiary/aromatic N) is 2. The zero-order valence-corrected chi connectivity index (χ0v) is 18.8. The lowest BCUT2D eigenvalue weighted by atomic mass is 10.1. The molecule has 2 aromatic rings. The number of aromatic nitrogens is 2. The molecule has 2 heterocycles. The summed E-state index contributed by atoms with van der Waals surface area (Å²) in [4.78, 5) is 33.5. The van der Waals surface area contributed by atoms with E-state index in [0.29, 0.717) is 5.01 Å². The second kappa shape index (κ2) is 9.98. The summed E-state index contributed by atoms with van der Waals surface area (Å²) < 4.78 is 10.5. The van der Waals surface area contributed by atoms with Crippen LogP contribution in [0.3, 0.4) is 0 Å². The molecule has 2 aromatic heterocycles. The minimum absolute atomic E-state index is 0.0406. The molecule has 164 valence electrons. The molecule has 0 amide bonds. The maximum absolute atomic E-state index is 12.2. The van der Waals surface area contributed by atoms with Crippen LogP contribution in [-0.4, -0.2) is 40.7 Å². The summed E-state index contributed by atoms with van der Waals surface area (Å²) in [7, 11) is 0. The van der Waals surface area contributed by atoms with Crippen molar-refractivity contribution in [2.45, 2.75) is 45.3 Å². The molecule has 1 aliphatic carbocycles. The van der Waals surface area contributed by atoms with Crippen molar-refractivity contribution in [3.05, 3.63) is 64.4 Å². The molecule has 0 radical (unpaired) electrons.